The van der Waals surface area contributed by atoms with Gasteiger partial charge in [-0.2, -0.15) is 0 Å². The topological polar surface area (TPSA) is 80.8 Å². The fourth-order valence-electron chi connectivity index (χ4n) is 3.32. The molecule has 3 rings (SSSR count). The molecule has 2 aromatic carbocycles. The minimum Gasteiger partial charge on any atom is -0.457 e. The number of carbonyl (C=O) groups excluding carboxylic acids is 2. The van der Waals surface area contributed by atoms with Crippen LogP contribution in [0.5, 0.6) is 0 Å². The zero-order chi connectivity index (χ0) is 20.3. The lowest BCUT2D eigenvalue weighted by atomic mass is 9.99. The Hall–Kier alpha value is -2.67. The van der Waals surface area contributed by atoms with E-state index in [1.807, 2.05) is 31.2 Å². The number of nitrogens with zero attached hydrogens (tertiary/aromatic N) is 1. The number of ether oxygens (including phenoxy) is 1. The van der Waals surface area contributed by atoms with Gasteiger partial charge in [0.25, 0.3) is 0 Å². The molecule has 0 saturated carbocycles. The molecule has 2 aromatic rings. The Bertz CT molecular complexity index is 1010. The molecule has 0 bridgehead atoms. The van der Waals surface area contributed by atoms with E-state index >= 15 is 0 Å². The van der Waals surface area contributed by atoms with Crippen LogP contribution in [0.3, 0.4) is 0 Å². The van der Waals surface area contributed by atoms with Crippen molar-refractivity contribution in [1.29, 1.82) is 0 Å². The minimum absolute atomic E-state index is 0.119. The number of carbonyl (C=O) groups is 2. The molecular formula is C21H23NO5S. The number of hydrogen-bond acceptors (Lipinski definition) is 5. The lowest BCUT2D eigenvalue weighted by molar-refractivity contribution is -0.141. The Balaban J connectivity index is 1.65. The predicted molar refractivity (Wildman–Crippen MR) is 107 cm³/mol. The summed E-state index contributed by atoms with van der Waals surface area (Å²) in [5, 5.41) is 0. The first-order valence-electron chi connectivity index (χ1n) is 9.09. The summed E-state index contributed by atoms with van der Waals surface area (Å²) in [5.41, 5.74) is 3.71. The summed E-state index contributed by atoms with van der Waals surface area (Å²) in [7, 11) is -3.35. The van der Waals surface area contributed by atoms with Crippen LogP contribution in [0.25, 0.3) is 0 Å². The average molecular weight is 401 g/mol. The third-order valence-corrected chi connectivity index (χ3v) is 6.02. The van der Waals surface area contributed by atoms with E-state index in [9.17, 15) is 18.0 Å². The third-order valence-electron chi connectivity index (χ3n) is 4.84. The van der Waals surface area contributed by atoms with Gasteiger partial charge < -0.3 is 4.74 Å². The van der Waals surface area contributed by atoms with Gasteiger partial charge in [-0.25, -0.2) is 8.42 Å². The van der Waals surface area contributed by atoms with Crippen LogP contribution in [0, 0.1) is 6.92 Å². The molecule has 148 valence electrons. The summed E-state index contributed by atoms with van der Waals surface area (Å²) >= 11 is 0. The van der Waals surface area contributed by atoms with Crippen molar-refractivity contribution in [2.75, 3.05) is 23.7 Å². The van der Waals surface area contributed by atoms with Crippen molar-refractivity contribution in [3.63, 3.8) is 0 Å². The van der Waals surface area contributed by atoms with Crippen molar-refractivity contribution < 1.29 is 22.7 Å². The van der Waals surface area contributed by atoms with Crippen LogP contribution in [0.1, 0.15) is 33.5 Å². The Kier molecular flexibility index (Phi) is 5.84. The van der Waals surface area contributed by atoms with Gasteiger partial charge in [0.1, 0.15) is 0 Å². The zero-order valence-corrected chi connectivity index (χ0v) is 16.8. The van der Waals surface area contributed by atoms with E-state index in [-0.39, 0.29) is 18.8 Å². The molecule has 1 aliphatic rings. The summed E-state index contributed by atoms with van der Waals surface area (Å²) in [5.74, 6) is -0.763. The maximum Gasteiger partial charge on any atom is 0.310 e. The van der Waals surface area contributed by atoms with E-state index in [2.05, 4.69) is 0 Å². The molecule has 0 amide bonds. The van der Waals surface area contributed by atoms with Crippen molar-refractivity contribution in [3.8, 4) is 0 Å². The molecule has 0 aliphatic carbocycles. The third kappa shape index (κ3) is 4.59. The molecule has 0 saturated heterocycles. The number of hydrogen-bond donors (Lipinski definition) is 0. The molecule has 0 aromatic heterocycles. The van der Waals surface area contributed by atoms with Gasteiger partial charge in [0, 0.05) is 12.1 Å². The van der Waals surface area contributed by atoms with Crippen LogP contribution < -0.4 is 4.31 Å². The Morgan fingerprint density at radius 3 is 2.61 bits per heavy atom. The molecule has 0 fully saturated rings. The number of benzene rings is 2. The molecule has 28 heavy (non-hydrogen) atoms. The van der Waals surface area contributed by atoms with Crippen LogP contribution in [0.4, 0.5) is 5.69 Å². The summed E-state index contributed by atoms with van der Waals surface area (Å²) < 4.78 is 30.3. The smallest absolute Gasteiger partial charge is 0.310 e. The fraction of sp³-hybridized carbons (Fsp3) is 0.333. The van der Waals surface area contributed by atoms with Gasteiger partial charge >= 0.3 is 5.97 Å². The molecule has 0 N–H and O–H groups in total. The molecule has 6 nitrogen and oxygen atoms in total. The highest BCUT2D eigenvalue weighted by Crippen LogP contribution is 2.30. The minimum atomic E-state index is -3.35. The zero-order valence-electron chi connectivity index (χ0n) is 16.0. The first kappa shape index (κ1) is 20.1. The monoisotopic (exact) mass is 401 g/mol. The number of aryl methyl sites for hydroxylation is 2. The average Bonchev–Trinajstić information content (AvgIpc) is 2.66. The quantitative estimate of drug-likeness (QED) is 0.549. The van der Waals surface area contributed by atoms with E-state index < -0.39 is 16.0 Å². The number of anilines is 1. The van der Waals surface area contributed by atoms with Crippen LogP contribution in [0.15, 0.2) is 42.5 Å². The first-order chi connectivity index (χ1) is 13.3. The van der Waals surface area contributed by atoms with Gasteiger partial charge in [-0.05, 0) is 54.7 Å². The standard InChI is InChI=1S/C21H23NO5S/c1-15-6-3-4-7-16(15)13-21(24)27-14-20(23)18-9-10-19-17(12-18)8-5-11-22(19)28(2,25)26/h3-4,6-7,9-10,12H,5,8,11,13-14H2,1-2H3. The second kappa shape index (κ2) is 8.14. The van der Waals surface area contributed by atoms with Gasteiger partial charge in [0.15, 0.2) is 12.4 Å². The lowest BCUT2D eigenvalue weighted by Crippen LogP contribution is -2.34. The van der Waals surface area contributed by atoms with Gasteiger partial charge in [0.2, 0.25) is 10.0 Å². The molecule has 1 heterocycles. The van der Waals surface area contributed by atoms with Crippen LogP contribution in [0.2, 0.25) is 0 Å². The Morgan fingerprint density at radius 2 is 1.89 bits per heavy atom. The van der Waals surface area contributed by atoms with Crippen molar-refractivity contribution in [2.24, 2.45) is 0 Å². The van der Waals surface area contributed by atoms with E-state index in [0.29, 0.717) is 30.6 Å². The largest absolute Gasteiger partial charge is 0.457 e. The van der Waals surface area contributed by atoms with Crippen LogP contribution >= 0.6 is 0 Å². The molecule has 7 heteroatoms. The van der Waals surface area contributed by atoms with E-state index in [1.54, 1.807) is 18.2 Å². The summed E-state index contributed by atoms with van der Waals surface area (Å²) in [4.78, 5) is 24.5. The number of ketones is 1. The van der Waals surface area contributed by atoms with Gasteiger partial charge in [-0.1, -0.05) is 24.3 Å². The highest BCUT2D eigenvalue weighted by atomic mass is 32.2. The lowest BCUT2D eigenvalue weighted by Gasteiger charge is -2.29. The number of Topliss-reactive ketones (excluding diaryl/α,β-unsaturated/α-hetero) is 1. The molecule has 0 radical (unpaired) electrons. The number of esters is 1. The van der Waals surface area contributed by atoms with Crippen molar-refractivity contribution in [1.82, 2.24) is 0 Å². The highest BCUT2D eigenvalue weighted by molar-refractivity contribution is 7.92. The van der Waals surface area contributed by atoms with E-state index in [0.717, 1.165) is 16.7 Å². The maximum atomic E-state index is 12.4. The Morgan fingerprint density at radius 1 is 1.14 bits per heavy atom. The number of sulfonamides is 1. The first-order valence-corrected chi connectivity index (χ1v) is 10.9. The molecule has 0 atom stereocenters. The molecule has 0 spiro atoms. The van der Waals surface area contributed by atoms with Crippen LogP contribution in [-0.2, 0) is 32.4 Å². The van der Waals surface area contributed by atoms with Crippen molar-refractivity contribution >= 4 is 27.5 Å². The second-order valence-electron chi connectivity index (χ2n) is 6.97. The van der Waals surface area contributed by atoms with Crippen molar-refractivity contribution in [2.45, 2.75) is 26.2 Å². The van der Waals surface area contributed by atoms with Crippen molar-refractivity contribution in [3.05, 3.63) is 64.7 Å². The highest BCUT2D eigenvalue weighted by Gasteiger charge is 2.24. The molecule has 1 aliphatic heterocycles. The van der Waals surface area contributed by atoms with Gasteiger partial charge in [0.05, 0.1) is 18.4 Å². The summed E-state index contributed by atoms with van der Waals surface area (Å²) in [6.07, 6.45) is 2.70. The van der Waals surface area contributed by atoms with Gasteiger partial charge in [-0.3, -0.25) is 13.9 Å². The van der Waals surface area contributed by atoms with Gasteiger partial charge in [-0.15, -0.1) is 0 Å². The molecular weight excluding hydrogens is 378 g/mol. The molecule has 0 unspecified atom stereocenters. The second-order valence-corrected chi connectivity index (χ2v) is 8.88. The maximum absolute atomic E-state index is 12.4. The van der Waals surface area contributed by atoms with E-state index in [4.69, 9.17) is 4.74 Å². The van der Waals surface area contributed by atoms with Crippen LogP contribution in [-0.4, -0.2) is 39.6 Å². The summed E-state index contributed by atoms with van der Waals surface area (Å²) in [6, 6.07) is 12.5. The fourth-order valence-corrected chi connectivity index (χ4v) is 4.32. The normalized spacial score (nSPS) is 13.7. The number of fused-ring (bicyclic) bond motifs is 1. The summed E-state index contributed by atoms with van der Waals surface area (Å²) in [6.45, 7) is 2.02. The number of rotatable bonds is 6. The predicted octanol–water partition coefficient (Wildman–Crippen LogP) is 2.68. The Labute approximate surface area is 165 Å². The van der Waals surface area contributed by atoms with E-state index in [1.165, 1.54) is 10.6 Å². The SMILES string of the molecule is Cc1ccccc1CC(=O)OCC(=O)c1ccc2c(c1)CCCN2S(C)(=O)=O.